The molecule has 1 aliphatic carbocycles. The largest absolute Gasteiger partial charge is 0.392 e. The van der Waals surface area contributed by atoms with Gasteiger partial charge in [-0.1, -0.05) is 43.7 Å². The van der Waals surface area contributed by atoms with Crippen LogP contribution < -0.4 is 0 Å². The van der Waals surface area contributed by atoms with Crippen molar-refractivity contribution >= 4 is 11.6 Å². The first-order chi connectivity index (χ1) is 9.09. The molecular formula is C15H25ClN2O. The molecule has 19 heavy (non-hydrogen) atoms. The van der Waals surface area contributed by atoms with Crippen molar-refractivity contribution < 1.29 is 5.11 Å². The number of nitrogens with zero attached hydrogens (tertiary/aromatic N) is 2. The smallest absolute Gasteiger partial charge is 0.0847 e. The van der Waals surface area contributed by atoms with Gasteiger partial charge in [0.15, 0.2) is 0 Å². The van der Waals surface area contributed by atoms with Crippen molar-refractivity contribution in [3.63, 3.8) is 0 Å². The fourth-order valence-electron chi connectivity index (χ4n) is 3.14. The van der Waals surface area contributed by atoms with Crippen molar-refractivity contribution in [1.29, 1.82) is 0 Å². The Kier molecular flexibility index (Phi) is 5.28. The molecule has 0 spiro atoms. The number of aryl methyl sites for hydroxylation is 2. The number of aromatic nitrogens is 2. The Bertz CT molecular complexity index is 409. The monoisotopic (exact) mass is 284 g/mol. The van der Waals surface area contributed by atoms with E-state index in [4.69, 9.17) is 11.6 Å². The highest BCUT2D eigenvalue weighted by Gasteiger charge is 2.23. The van der Waals surface area contributed by atoms with E-state index in [0.29, 0.717) is 17.4 Å². The Hall–Kier alpha value is -0.540. The Morgan fingerprint density at radius 2 is 1.84 bits per heavy atom. The number of aliphatic hydroxyl groups is 1. The van der Waals surface area contributed by atoms with Gasteiger partial charge in [0, 0.05) is 13.5 Å². The van der Waals surface area contributed by atoms with E-state index in [1.54, 1.807) is 0 Å². The molecule has 1 aromatic heterocycles. The molecule has 4 heteroatoms. The standard InChI is InChI=1S/C15H25ClN2O/c1-11-15(16)13(18(2)17-11)10-14(19)12-8-6-4-3-5-7-9-12/h12,14,19H,3-10H2,1-2H3. The predicted octanol–water partition coefficient (Wildman–Crippen LogP) is 3.65. The molecule has 0 saturated heterocycles. The van der Waals surface area contributed by atoms with Crippen molar-refractivity contribution in [3.05, 3.63) is 16.4 Å². The second kappa shape index (κ2) is 6.76. The molecule has 0 aromatic carbocycles. The Balaban J connectivity index is 2.00. The van der Waals surface area contributed by atoms with Crippen molar-refractivity contribution in [2.24, 2.45) is 13.0 Å². The highest BCUT2D eigenvalue weighted by atomic mass is 35.5. The molecule has 1 heterocycles. The quantitative estimate of drug-likeness (QED) is 0.920. The SMILES string of the molecule is Cc1nn(C)c(CC(O)C2CCCCCCC2)c1Cl. The van der Waals surface area contributed by atoms with Crippen LogP contribution in [0.1, 0.15) is 56.3 Å². The fourth-order valence-corrected chi connectivity index (χ4v) is 3.38. The lowest BCUT2D eigenvalue weighted by Gasteiger charge is -2.25. The molecule has 2 rings (SSSR count). The van der Waals surface area contributed by atoms with Gasteiger partial charge in [0.05, 0.1) is 22.5 Å². The van der Waals surface area contributed by atoms with E-state index in [1.165, 1.54) is 32.1 Å². The van der Waals surface area contributed by atoms with E-state index >= 15 is 0 Å². The molecule has 1 atom stereocenters. The van der Waals surface area contributed by atoms with Gasteiger partial charge in [-0.2, -0.15) is 5.10 Å². The van der Waals surface area contributed by atoms with Crippen molar-refractivity contribution in [2.45, 2.75) is 64.4 Å². The van der Waals surface area contributed by atoms with E-state index in [-0.39, 0.29) is 6.10 Å². The average Bonchev–Trinajstić information content (AvgIpc) is 2.55. The summed E-state index contributed by atoms with van der Waals surface area (Å²) >= 11 is 6.26. The van der Waals surface area contributed by atoms with Gasteiger partial charge in [0.2, 0.25) is 0 Å². The van der Waals surface area contributed by atoms with Gasteiger partial charge in [0.1, 0.15) is 0 Å². The number of hydrogen-bond acceptors (Lipinski definition) is 2. The summed E-state index contributed by atoms with van der Waals surface area (Å²) in [6.07, 6.45) is 9.12. The number of aliphatic hydroxyl groups excluding tert-OH is 1. The molecule has 0 radical (unpaired) electrons. The summed E-state index contributed by atoms with van der Waals surface area (Å²) in [6.45, 7) is 1.91. The number of rotatable bonds is 3. The summed E-state index contributed by atoms with van der Waals surface area (Å²) in [4.78, 5) is 0. The van der Waals surface area contributed by atoms with Crippen LogP contribution in [0.15, 0.2) is 0 Å². The van der Waals surface area contributed by atoms with Crippen LogP contribution in [0.3, 0.4) is 0 Å². The van der Waals surface area contributed by atoms with Crippen LogP contribution in [0.25, 0.3) is 0 Å². The van der Waals surface area contributed by atoms with E-state index in [1.807, 2.05) is 18.7 Å². The molecular weight excluding hydrogens is 260 g/mol. The third-order valence-electron chi connectivity index (χ3n) is 4.36. The zero-order valence-electron chi connectivity index (χ0n) is 12.0. The van der Waals surface area contributed by atoms with Crippen LogP contribution in [-0.4, -0.2) is 21.0 Å². The number of halogens is 1. The predicted molar refractivity (Wildman–Crippen MR) is 78.5 cm³/mol. The summed E-state index contributed by atoms with van der Waals surface area (Å²) in [6, 6.07) is 0. The molecule has 0 amide bonds. The molecule has 3 nitrogen and oxygen atoms in total. The lowest BCUT2D eigenvalue weighted by molar-refractivity contribution is 0.0896. The average molecular weight is 285 g/mol. The minimum absolute atomic E-state index is 0.287. The maximum absolute atomic E-state index is 10.5. The molecule has 0 bridgehead atoms. The van der Waals surface area contributed by atoms with Crippen molar-refractivity contribution in [2.75, 3.05) is 0 Å². The minimum Gasteiger partial charge on any atom is -0.392 e. The highest BCUT2D eigenvalue weighted by Crippen LogP contribution is 2.28. The third kappa shape index (κ3) is 3.73. The molecule has 1 N–H and O–H groups in total. The summed E-state index contributed by atoms with van der Waals surface area (Å²) in [7, 11) is 1.90. The molecule has 1 aromatic rings. The van der Waals surface area contributed by atoms with Crippen LogP contribution in [0.5, 0.6) is 0 Å². The van der Waals surface area contributed by atoms with Crippen LogP contribution in [0, 0.1) is 12.8 Å². The second-order valence-electron chi connectivity index (χ2n) is 5.85. The maximum Gasteiger partial charge on any atom is 0.0847 e. The third-order valence-corrected chi connectivity index (χ3v) is 4.85. The van der Waals surface area contributed by atoms with E-state index < -0.39 is 0 Å². The second-order valence-corrected chi connectivity index (χ2v) is 6.22. The van der Waals surface area contributed by atoms with Crippen LogP contribution in [0.2, 0.25) is 5.02 Å². The topological polar surface area (TPSA) is 38.0 Å². The minimum atomic E-state index is -0.287. The lowest BCUT2D eigenvalue weighted by Crippen LogP contribution is -2.25. The zero-order valence-corrected chi connectivity index (χ0v) is 12.8. The molecule has 108 valence electrons. The van der Waals surface area contributed by atoms with Crippen molar-refractivity contribution in [1.82, 2.24) is 9.78 Å². The first-order valence-corrected chi connectivity index (χ1v) is 7.83. The van der Waals surface area contributed by atoms with Gasteiger partial charge < -0.3 is 5.11 Å². The molecule has 1 fully saturated rings. The Labute approximate surface area is 121 Å². The van der Waals surface area contributed by atoms with Crippen LogP contribution in [0.4, 0.5) is 0 Å². The van der Waals surface area contributed by atoms with Gasteiger partial charge in [-0.05, 0) is 25.7 Å². The van der Waals surface area contributed by atoms with Gasteiger partial charge in [-0.15, -0.1) is 0 Å². The van der Waals surface area contributed by atoms with Gasteiger partial charge in [-0.3, -0.25) is 4.68 Å². The number of hydrogen-bond donors (Lipinski definition) is 1. The Morgan fingerprint density at radius 3 is 2.37 bits per heavy atom. The zero-order chi connectivity index (χ0) is 13.8. The van der Waals surface area contributed by atoms with Gasteiger partial charge in [0.25, 0.3) is 0 Å². The summed E-state index contributed by atoms with van der Waals surface area (Å²) in [5, 5.41) is 15.5. The first-order valence-electron chi connectivity index (χ1n) is 7.45. The van der Waals surface area contributed by atoms with Crippen LogP contribution >= 0.6 is 11.6 Å². The van der Waals surface area contributed by atoms with Gasteiger partial charge in [-0.25, -0.2) is 0 Å². The Morgan fingerprint density at radius 1 is 1.26 bits per heavy atom. The molecule has 1 aliphatic rings. The first kappa shape index (κ1) is 14.9. The van der Waals surface area contributed by atoms with Crippen molar-refractivity contribution in [3.8, 4) is 0 Å². The maximum atomic E-state index is 10.5. The van der Waals surface area contributed by atoms with E-state index in [2.05, 4.69) is 5.10 Å². The molecule has 0 aliphatic heterocycles. The van der Waals surface area contributed by atoms with E-state index in [0.717, 1.165) is 24.2 Å². The van der Waals surface area contributed by atoms with E-state index in [9.17, 15) is 5.11 Å². The van der Waals surface area contributed by atoms with Gasteiger partial charge >= 0.3 is 0 Å². The normalized spacial score (nSPS) is 20.0. The van der Waals surface area contributed by atoms with Crippen LogP contribution in [-0.2, 0) is 13.5 Å². The fraction of sp³-hybridized carbons (Fsp3) is 0.800. The molecule has 1 unspecified atom stereocenters. The summed E-state index contributed by atoms with van der Waals surface area (Å²) < 4.78 is 1.81. The molecule has 1 saturated carbocycles. The lowest BCUT2D eigenvalue weighted by atomic mass is 9.85. The summed E-state index contributed by atoms with van der Waals surface area (Å²) in [5.41, 5.74) is 1.82. The summed E-state index contributed by atoms with van der Waals surface area (Å²) in [5.74, 6) is 0.423. The highest BCUT2D eigenvalue weighted by molar-refractivity contribution is 6.31.